The summed E-state index contributed by atoms with van der Waals surface area (Å²) in [7, 11) is 0. The highest BCUT2D eigenvalue weighted by Crippen LogP contribution is 2.31. The molecule has 1 amide bonds. The van der Waals surface area contributed by atoms with Gasteiger partial charge in [-0.1, -0.05) is 23.8 Å². The molecule has 2 atom stereocenters. The van der Waals surface area contributed by atoms with Gasteiger partial charge >= 0.3 is 0 Å². The van der Waals surface area contributed by atoms with Gasteiger partial charge in [-0.3, -0.25) is 4.79 Å². The zero-order valence-electron chi connectivity index (χ0n) is 13.2. The number of rotatable bonds is 3. The lowest BCUT2D eigenvalue weighted by molar-refractivity contribution is -0.117. The van der Waals surface area contributed by atoms with E-state index < -0.39 is 0 Å². The number of nitrogens with one attached hydrogen (secondary N) is 1. The van der Waals surface area contributed by atoms with Gasteiger partial charge in [-0.25, -0.2) is 0 Å². The number of carbonyl (C=O) groups is 1. The zero-order chi connectivity index (χ0) is 17.3. The Morgan fingerprint density at radius 1 is 1.33 bits per heavy atom. The number of carbonyl (C=O) groups excluding carboxylic acids is 1. The highest BCUT2D eigenvalue weighted by Gasteiger charge is 2.22. The molecular weight excluding hydrogens is 326 g/mol. The van der Waals surface area contributed by atoms with Gasteiger partial charge in [0.05, 0.1) is 6.04 Å². The van der Waals surface area contributed by atoms with Gasteiger partial charge in [-0.05, 0) is 55.3 Å². The van der Waals surface area contributed by atoms with Gasteiger partial charge in [-0.15, -0.1) is 0 Å². The molecule has 4 nitrogen and oxygen atoms in total. The lowest BCUT2D eigenvalue weighted by Crippen LogP contribution is -2.28. The molecular formula is C19H18ClNO3. The average Bonchev–Trinajstić information content (AvgIpc) is 2.56. The van der Waals surface area contributed by atoms with Crippen molar-refractivity contribution in [2.24, 2.45) is 5.92 Å². The summed E-state index contributed by atoms with van der Waals surface area (Å²) in [5, 5.41) is 22.8. The van der Waals surface area contributed by atoms with Gasteiger partial charge in [0.15, 0.2) is 0 Å². The summed E-state index contributed by atoms with van der Waals surface area (Å²) in [6, 6.07) is 4.38. The maximum atomic E-state index is 12.5. The molecule has 0 saturated carbocycles. The van der Waals surface area contributed by atoms with Gasteiger partial charge in [0.1, 0.15) is 11.5 Å². The van der Waals surface area contributed by atoms with E-state index in [0.717, 1.165) is 5.57 Å². The molecule has 1 aromatic carbocycles. The van der Waals surface area contributed by atoms with Crippen molar-refractivity contribution < 1.29 is 15.0 Å². The molecule has 3 N–H and O–H groups in total. The minimum absolute atomic E-state index is 0.0964. The molecule has 3 rings (SSSR count). The molecule has 24 heavy (non-hydrogen) atoms. The predicted octanol–water partition coefficient (Wildman–Crippen LogP) is 4.11. The number of hydrogen-bond donors (Lipinski definition) is 3. The van der Waals surface area contributed by atoms with E-state index in [1.54, 1.807) is 31.2 Å². The van der Waals surface area contributed by atoms with Crippen molar-refractivity contribution in [3.63, 3.8) is 0 Å². The van der Waals surface area contributed by atoms with Crippen LogP contribution < -0.4 is 5.32 Å². The van der Waals surface area contributed by atoms with Crippen LogP contribution in [0.2, 0.25) is 5.02 Å². The number of hydrogen-bond acceptors (Lipinski definition) is 3. The van der Waals surface area contributed by atoms with Crippen LogP contribution in [0, 0.1) is 5.92 Å². The Hall–Kier alpha value is -2.46. The van der Waals surface area contributed by atoms with E-state index in [1.165, 1.54) is 6.07 Å². The Balaban J connectivity index is 1.73. The predicted molar refractivity (Wildman–Crippen MR) is 93.8 cm³/mol. The SMILES string of the molecule is CC(NC(=O)C1=CCC2C=C(O)C=CC2=C1)c1cc(Cl)ccc1O. The molecule has 0 aromatic heterocycles. The molecule has 0 aliphatic heterocycles. The lowest BCUT2D eigenvalue weighted by Gasteiger charge is -2.22. The first-order chi connectivity index (χ1) is 11.4. The third-order valence-electron chi connectivity index (χ3n) is 4.23. The Morgan fingerprint density at radius 3 is 2.92 bits per heavy atom. The molecule has 1 aromatic rings. The van der Waals surface area contributed by atoms with Crippen LogP contribution in [0.4, 0.5) is 0 Å². The Labute approximate surface area is 145 Å². The number of fused-ring (bicyclic) bond motifs is 1. The van der Waals surface area contributed by atoms with Crippen molar-refractivity contribution in [3.05, 3.63) is 76.1 Å². The number of aromatic hydroxyl groups is 1. The van der Waals surface area contributed by atoms with E-state index in [0.29, 0.717) is 22.6 Å². The van der Waals surface area contributed by atoms with Crippen molar-refractivity contribution in [1.29, 1.82) is 0 Å². The number of phenols is 1. The largest absolute Gasteiger partial charge is 0.508 e. The van der Waals surface area contributed by atoms with Gasteiger partial charge in [0.2, 0.25) is 0 Å². The number of halogens is 1. The molecule has 2 unspecified atom stereocenters. The summed E-state index contributed by atoms with van der Waals surface area (Å²) in [6.07, 6.45) is 9.58. The van der Waals surface area contributed by atoms with Crippen molar-refractivity contribution in [2.45, 2.75) is 19.4 Å². The number of benzene rings is 1. The lowest BCUT2D eigenvalue weighted by atomic mass is 9.85. The third kappa shape index (κ3) is 3.39. The molecule has 5 heteroatoms. The number of aliphatic hydroxyl groups is 1. The fraction of sp³-hybridized carbons (Fsp3) is 0.211. The minimum Gasteiger partial charge on any atom is -0.508 e. The maximum Gasteiger partial charge on any atom is 0.251 e. The van der Waals surface area contributed by atoms with Crippen molar-refractivity contribution >= 4 is 17.5 Å². The second-order valence-corrected chi connectivity index (χ2v) is 6.41. The van der Waals surface area contributed by atoms with Crippen LogP contribution in [0.1, 0.15) is 24.9 Å². The quantitative estimate of drug-likeness (QED) is 0.773. The maximum absolute atomic E-state index is 12.5. The Kier molecular flexibility index (Phi) is 4.49. The standard InChI is InChI=1S/C19H18ClNO3/c1-11(17-10-15(20)5-7-18(17)23)21-19(24)14-3-2-13-9-16(22)6-4-12(13)8-14/h3-11,13,22-23H,2H2,1H3,(H,21,24). The average molecular weight is 344 g/mol. The Morgan fingerprint density at radius 2 is 2.12 bits per heavy atom. The first-order valence-corrected chi connectivity index (χ1v) is 8.11. The van der Waals surface area contributed by atoms with Crippen LogP contribution in [-0.4, -0.2) is 16.1 Å². The molecule has 124 valence electrons. The Bertz CT molecular complexity index is 805. The van der Waals surface area contributed by atoms with E-state index in [1.807, 2.05) is 18.2 Å². The third-order valence-corrected chi connectivity index (χ3v) is 4.46. The van der Waals surface area contributed by atoms with E-state index in [4.69, 9.17) is 11.6 Å². The molecule has 0 spiro atoms. The first-order valence-electron chi connectivity index (χ1n) is 7.74. The van der Waals surface area contributed by atoms with Crippen LogP contribution in [0.3, 0.4) is 0 Å². The first kappa shape index (κ1) is 16.4. The molecule has 0 fully saturated rings. The van der Waals surface area contributed by atoms with Gasteiger partial charge in [0, 0.05) is 22.1 Å². The van der Waals surface area contributed by atoms with E-state index in [2.05, 4.69) is 5.32 Å². The topological polar surface area (TPSA) is 69.6 Å². The molecule has 0 radical (unpaired) electrons. The molecule has 0 heterocycles. The summed E-state index contributed by atoms with van der Waals surface area (Å²) in [6.45, 7) is 1.80. The van der Waals surface area contributed by atoms with Crippen LogP contribution in [0.25, 0.3) is 0 Å². The zero-order valence-corrected chi connectivity index (χ0v) is 13.9. The van der Waals surface area contributed by atoms with Crippen molar-refractivity contribution in [3.8, 4) is 5.75 Å². The minimum atomic E-state index is -0.376. The van der Waals surface area contributed by atoms with Gasteiger partial charge < -0.3 is 15.5 Å². The van der Waals surface area contributed by atoms with E-state index >= 15 is 0 Å². The van der Waals surface area contributed by atoms with Crippen molar-refractivity contribution in [1.82, 2.24) is 5.32 Å². The van der Waals surface area contributed by atoms with Crippen LogP contribution in [0.15, 0.2) is 65.5 Å². The number of phenolic OH excluding ortho intramolecular Hbond substituents is 1. The fourth-order valence-corrected chi connectivity index (χ4v) is 3.08. The second kappa shape index (κ2) is 6.57. The molecule has 2 aliphatic carbocycles. The van der Waals surface area contributed by atoms with E-state index in [-0.39, 0.29) is 29.4 Å². The summed E-state index contributed by atoms with van der Waals surface area (Å²) in [4.78, 5) is 12.5. The molecule has 0 bridgehead atoms. The summed E-state index contributed by atoms with van der Waals surface area (Å²) >= 11 is 5.96. The van der Waals surface area contributed by atoms with Crippen LogP contribution in [-0.2, 0) is 4.79 Å². The summed E-state index contributed by atoms with van der Waals surface area (Å²) in [5.41, 5.74) is 2.15. The van der Waals surface area contributed by atoms with Crippen LogP contribution in [0.5, 0.6) is 5.75 Å². The highest BCUT2D eigenvalue weighted by atomic mass is 35.5. The molecule has 0 saturated heterocycles. The summed E-state index contributed by atoms with van der Waals surface area (Å²) < 4.78 is 0. The number of aliphatic hydroxyl groups excluding tert-OH is 1. The molecule has 2 aliphatic rings. The smallest absolute Gasteiger partial charge is 0.251 e. The summed E-state index contributed by atoms with van der Waals surface area (Å²) in [5.74, 6) is 0.253. The monoisotopic (exact) mass is 343 g/mol. The van der Waals surface area contributed by atoms with Crippen molar-refractivity contribution in [2.75, 3.05) is 0 Å². The van der Waals surface area contributed by atoms with Gasteiger partial charge in [-0.2, -0.15) is 0 Å². The van der Waals surface area contributed by atoms with Crippen LogP contribution >= 0.6 is 11.6 Å². The highest BCUT2D eigenvalue weighted by molar-refractivity contribution is 6.30. The second-order valence-electron chi connectivity index (χ2n) is 5.97. The number of allylic oxidation sites excluding steroid dienone is 5. The van der Waals surface area contributed by atoms with Gasteiger partial charge in [0.25, 0.3) is 5.91 Å². The fourth-order valence-electron chi connectivity index (χ4n) is 2.90. The normalized spacial score (nSPS) is 20.4. The number of amides is 1. The van der Waals surface area contributed by atoms with E-state index in [9.17, 15) is 15.0 Å².